The van der Waals surface area contributed by atoms with Gasteiger partial charge in [0.1, 0.15) is 4.90 Å². The van der Waals surface area contributed by atoms with Crippen molar-refractivity contribution in [1.82, 2.24) is 10.0 Å². The zero-order chi connectivity index (χ0) is 12.3. The van der Waals surface area contributed by atoms with Crippen molar-refractivity contribution in [3.8, 4) is 0 Å². The van der Waals surface area contributed by atoms with Gasteiger partial charge in [-0.15, -0.1) is 0 Å². The second-order valence-electron chi connectivity index (χ2n) is 4.08. The van der Waals surface area contributed by atoms with E-state index >= 15 is 0 Å². The highest BCUT2D eigenvalue weighted by atomic mass is 35.5. The SMILES string of the molecule is O=S(=O)(NC[C@@H]1CCCN1)c1ccccc1Cl. The van der Waals surface area contributed by atoms with Crippen LogP contribution in [0.15, 0.2) is 29.2 Å². The van der Waals surface area contributed by atoms with Crippen LogP contribution in [-0.2, 0) is 10.0 Å². The lowest BCUT2D eigenvalue weighted by Gasteiger charge is -2.12. The lowest BCUT2D eigenvalue weighted by atomic mass is 10.2. The summed E-state index contributed by atoms with van der Waals surface area (Å²) in [6.45, 7) is 1.37. The third-order valence-corrected chi connectivity index (χ3v) is 4.73. The fourth-order valence-corrected chi connectivity index (χ4v) is 3.48. The molecule has 17 heavy (non-hydrogen) atoms. The van der Waals surface area contributed by atoms with Crippen molar-refractivity contribution < 1.29 is 8.42 Å². The largest absolute Gasteiger partial charge is 0.313 e. The summed E-state index contributed by atoms with van der Waals surface area (Å²) < 4.78 is 26.6. The van der Waals surface area contributed by atoms with Gasteiger partial charge in [0.2, 0.25) is 10.0 Å². The average molecular weight is 275 g/mol. The van der Waals surface area contributed by atoms with E-state index in [2.05, 4.69) is 10.0 Å². The third kappa shape index (κ3) is 3.19. The molecular weight excluding hydrogens is 260 g/mol. The van der Waals surface area contributed by atoms with E-state index in [0.717, 1.165) is 19.4 Å². The van der Waals surface area contributed by atoms with Crippen LogP contribution >= 0.6 is 11.6 Å². The zero-order valence-electron chi connectivity index (χ0n) is 9.32. The lowest BCUT2D eigenvalue weighted by Crippen LogP contribution is -2.37. The molecule has 1 aliphatic heterocycles. The van der Waals surface area contributed by atoms with E-state index < -0.39 is 10.0 Å². The molecule has 0 spiro atoms. The fourth-order valence-electron chi connectivity index (χ4n) is 1.88. The Balaban J connectivity index is 2.06. The van der Waals surface area contributed by atoms with E-state index in [1.807, 2.05) is 0 Å². The van der Waals surface area contributed by atoms with Crippen LogP contribution in [0.4, 0.5) is 0 Å². The van der Waals surface area contributed by atoms with Crippen molar-refractivity contribution >= 4 is 21.6 Å². The monoisotopic (exact) mass is 274 g/mol. The Hall–Kier alpha value is -0.620. The molecule has 4 nitrogen and oxygen atoms in total. The summed E-state index contributed by atoms with van der Waals surface area (Å²) in [6, 6.07) is 6.68. The number of halogens is 1. The number of hydrogen-bond donors (Lipinski definition) is 2. The summed E-state index contributed by atoms with van der Waals surface area (Å²) in [5.74, 6) is 0. The van der Waals surface area contributed by atoms with Crippen molar-refractivity contribution in [3.63, 3.8) is 0 Å². The Kier molecular flexibility index (Phi) is 4.04. The van der Waals surface area contributed by atoms with E-state index in [-0.39, 0.29) is 16.0 Å². The van der Waals surface area contributed by atoms with Crippen molar-refractivity contribution in [1.29, 1.82) is 0 Å². The number of nitrogens with one attached hydrogen (secondary N) is 2. The van der Waals surface area contributed by atoms with Gasteiger partial charge in [-0.3, -0.25) is 0 Å². The molecule has 1 aromatic rings. The normalized spacial score (nSPS) is 20.6. The molecular formula is C11H15ClN2O2S. The zero-order valence-corrected chi connectivity index (χ0v) is 10.9. The molecule has 0 saturated carbocycles. The highest BCUT2D eigenvalue weighted by Gasteiger charge is 2.20. The highest BCUT2D eigenvalue weighted by Crippen LogP contribution is 2.20. The lowest BCUT2D eigenvalue weighted by molar-refractivity contribution is 0.552. The van der Waals surface area contributed by atoms with Gasteiger partial charge >= 0.3 is 0 Å². The predicted octanol–water partition coefficient (Wildman–Crippen LogP) is 1.37. The van der Waals surface area contributed by atoms with Gasteiger partial charge in [0, 0.05) is 12.6 Å². The molecule has 1 saturated heterocycles. The van der Waals surface area contributed by atoms with Crippen molar-refractivity contribution in [2.24, 2.45) is 0 Å². The van der Waals surface area contributed by atoms with Gasteiger partial charge in [0.05, 0.1) is 5.02 Å². The number of benzene rings is 1. The van der Waals surface area contributed by atoms with E-state index in [4.69, 9.17) is 11.6 Å². The van der Waals surface area contributed by atoms with Crippen LogP contribution < -0.4 is 10.0 Å². The Morgan fingerprint density at radius 3 is 2.82 bits per heavy atom. The Labute approximate surface area is 106 Å². The molecule has 0 bridgehead atoms. The molecule has 0 radical (unpaired) electrons. The molecule has 6 heteroatoms. The van der Waals surface area contributed by atoms with Crippen molar-refractivity contribution in [2.75, 3.05) is 13.1 Å². The minimum absolute atomic E-state index is 0.139. The van der Waals surface area contributed by atoms with Gasteiger partial charge in [-0.1, -0.05) is 23.7 Å². The quantitative estimate of drug-likeness (QED) is 0.872. The number of sulfonamides is 1. The molecule has 1 atom stereocenters. The van der Waals surface area contributed by atoms with Crippen LogP contribution in [-0.4, -0.2) is 27.5 Å². The number of rotatable bonds is 4. The minimum Gasteiger partial charge on any atom is -0.313 e. The summed E-state index contributed by atoms with van der Waals surface area (Å²) in [7, 11) is -3.50. The molecule has 0 amide bonds. The first-order chi connectivity index (χ1) is 8.09. The Morgan fingerprint density at radius 2 is 2.18 bits per heavy atom. The molecule has 0 unspecified atom stereocenters. The van der Waals surface area contributed by atoms with Gasteiger partial charge in [-0.25, -0.2) is 13.1 Å². The van der Waals surface area contributed by atoms with Gasteiger partial charge < -0.3 is 5.32 Å². The molecule has 1 aliphatic rings. The molecule has 0 aromatic heterocycles. The molecule has 1 fully saturated rings. The summed E-state index contributed by atoms with van der Waals surface area (Å²) >= 11 is 5.87. The molecule has 2 rings (SSSR count). The summed E-state index contributed by atoms with van der Waals surface area (Å²) in [5, 5.41) is 3.48. The standard InChI is InChI=1S/C11H15ClN2O2S/c12-10-5-1-2-6-11(10)17(15,16)14-8-9-4-3-7-13-9/h1-2,5-6,9,13-14H,3-4,7-8H2/t9-/m0/s1. The van der Waals surface area contributed by atoms with E-state index in [0.29, 0.717) is 6.54 Å². The summed E-state index contributed by atoms with van der Waals surface area (Å²) in [4.78, 5) is 0.139. The smallest absolute Gasteiger partial charge is 0.242 e. The molecule has 1 heterocycles. The summed E-state index contributed by atoms with van der Waals surface area (Å²) in [5.41, 5.74) is 0. The fraction of sp³-hybridized carbons (Fsp3) is 0.455. The predicted molar refractivity (Wildman–Crippen MR) is 67.7 cm³/mol. The second-order valence-corrected chi connectivity index (χ2v) is 6.22. The first-order valence-electron chi connectivity index (χ1n) is 5.57. The maximum Gasteiger partial charge on any atom is 0.242 e. The minimum atomic E-state index is -3.50. The van der Waals surface area contributed by atoms with Crippen molar-refractivity contribution in [2.45, 2.75) is 23.8 Å². The average Bonchev–Trinajstić information content (AvgIpc) is 2.80. The van der Waals surface area contributed by atoms with Gasteiger partial charge in [0.25, 0.3) is 0 Å². The second kappa shape index (κ2) is 5.35. The maximum absolute atomic E-state index is 12.0. The van der Waals surface area contributed by atoms with E-state index in [1.165, 1.54) is 6.07 Å². The third-order valence-electron chi connectivity index (χ3n) is 2.81. The van der Waals surface area contributed by atoms with Gasteiger partial charge in [-0.05, 0) is 31.5 Å². The summed E-state index contributed by atoms with van der Waals surface area (Å²) in [6.07, 6.45) is 2.10. The molecule has 0 aliphatic carbocycles. The van der Waals surface area contributed by atoms with Crippen LogP contribution in [0.1, 0.15) is 12.8 Å². The Morgan fingerprint density at radius 1 is 1.41 bits per heavy atom. The maximum atomic E-state index is 12.0. The first kappa shape index (κ1) is 12.8. The van der Waals surface area contributed by atoms with Crippen LogP contribution in [0.2, 0.25) is 5.02 Å². The molecule has 2 N–H and O–H groups in total. The van der Waals surface area contributed by atoms with E-state index in [1.54, 1.807) is 18.2 Å². The van der Waals surface area contributed by atoms with E-state index in [9.17, 15) is 8.42 Å². The van der Waals surface area contributed by atoms with Gasteiger partial charge in [0.15, 0.2) is 0 Å². The Bertz CT molecular complexity index is 484. The molecule has 94 valence electrons. The molecule has 1 aromatic carbocycles. The van der Waals surface area contributed by atoms with Crippen LogP contribution in [0.25, 0.3) is 0 Å². The van der Waals surface area contributed by atoms with Gasteiger partial charge in [-0.2, -0.15) is 0 Å². The van der Waals surface area contributed by atoms with Crippen LogP contribution in [0, 0.1) is 0 Å². The van der Waals surface area contributed by atoms with Crippen molar-refractivity contribution in [3.05, 3.63) is 29.3 Å². The highest BCUT2D eigenvalue weighted by molar-refractivity contribution is 7.89. The number of hydrogen-bond acceptors (Lipinski definition) is 3. The van der Waals surface area contributed by atoms with Crippen LogP contribution in [0.3, 0.4) is 0 Å². The van der Waals surface area contributed by atoms with Crippen LogP contribution in [0.5, 0.6) is 0 Å². The first-order valence-corrected chi connectivity index (χ1v) is 7.43. The topological polar surface area (TPSA) is 58.2 Å².